The summed E-state index contributed by atoms with van der Waals surface area (Å²) in [7, 11) is -1.62. The summed E-state index contributed by atoms with van der Waals surface area (Å²) < 4.78 is 23.0. The molecule has 0 aromatic heterocycles. The third kappa shape index (κ3) is 4.56. The lowest BCUT2D eigenvalue weighted by Gasteiger charge is -2.25. The first-order valence-corrected chi connectivity index (χ1v) is 9.43. The number of likely N-dealkylation sites (N-methyl/N-ethyl adjacent to an activating group) is 1. The smallest absolute Gasteiger partial charge is 0.325 e. The Hall–Kier alpha value is -1.89. The van der Waals surface area contributed by atoms with Gasteiger partial charge in [-0.2, -0.15) is 0 Å². The second-order valence-electron chi connectivity index (χ2n) is 5.63. The van der Waals surface area contributed by atoms with Gasteiger partial charge in [-0.05, 0) is 42.4 Å². The molecule has 2 aromatic carbocycles. The highest BCUT2D eigenvalue weighted by atomic mass is 35.5. The van der Waals surface area contributed by atoms with E-state index in [4.69, 9.17) is 11.6 Å². The van der Waals surface area contributed by atoms with Crippen molar-refractivity contribution in [1.82, 2.24) is 4.90 Å². The minimum atomic E-state index is -3.31. The average molecular weight is 368 g/mol. The van der Waals surface area contributed by atoms with Gasteiger partial charge in [0.15, 0.2) is 9.84 Å². The van der Waals surface area contributed by atoms with E-state index in [-0.39, 0.29) is 4.90 Å². The molecule has 0 unspecified atom stereocenters. The third-order valence-electron chi connectivity index (χ3n) is 3.62. The minimum Gasteiger partial charge on any atom is -0.480 e. The number of hydrogen-bond acceptors (Lipinski definition) is 4. The highest BCUT2D eigenvalue weighted by Gasteiger charge is 2.25. The summed E-state index contributed by atoms with van der Waals surface area (Å²) in [5.41, 5.74) is 1.41. The molecule has 0 spiro atoms. The molecule has 0 fully saturated rings. The molecule has 7 heteroatoms. The quantitative estimate of drug-likeness (QED) is 0.849. The third-order valence-corrected chi connectivity index (χ3v) is 4.98. The van der Waals surface area contributed by atoms with Crippen LogP contribution in [0.25, 0.3) is 0 Å². The number of carbonyl (C=O) groups is 1. The van der Waals surface area contributed by atoms with Crippen molar-refractivity contribution in [2.45, 2.75) is 17.5 Å². The fraction of sp³-hybridized carbons (Fsp3) is 0.235. The highest BCUT2D eigenvalue weighted by Crippen LogP contribution is 2.24. The van der Waals surface area contributed by atoms with Crippen LogP contribution in [0.2, 0.25) is 5.02 Å². The second-order valence-corrected chi connectivity index (χ2v) is 8.08. The molecule has 0 amide bonds. The molecule has 0 saturated carbocycles. The molecule has 0 radical (unpaired) electrons. The zero-order valence-electron chi connectivity index (χ0n) is 13.3. The van der Waals surface area contributed by atoms with Gasteiger partial charge in [-0.3, -0.25) is 9.69 Å². The lowest BCUT2D eigenvalue weighted by molar-refractivity contribution is -0.143. The summed E-state index contributed by atoms with van der Waals surface area (Å²) in [6.45, 7) is 0.394. The maximum atomic E-state index is 11.7. The molecule has 0 aliphatic rings. The molecule has 24 heavy (non-hydrogen) atoms. The Morgan fingerprint density at radius 3 is 2.33 bits per heavy atom. The Bertz CT molecular complexity index is 834. The van der Waals surface area contributed by atoms with Crippen molar-refractivity contribution < 1.29 is 18.3 Å². The van der Waals surface area contributed by atoms with Crippen molar-refractivity contribution in [3.63, 3.8) is 0 Å². The predicted octanol–water partition coefficient (Wildman–Crippen LogP) is 3.00. The van der Waals surface area contributed by atoms with Gasteiger partial charge in [-0.15, -0.1) is 0 Å². The van der Waals surface area contributed by atoms with E-state index < -0.39 is 21.8 Å². The number of nitrogens with zero attached hydrogens (tertiary/aromatic N) is 1. The molecule has 2 rings (SSSR count). The van der Waals surface area contributed by atoms with Crippen molar-refractivity contribution >= 4 is 27.4 Å². The van der Waals surface area contributed by atoms with Gasteiger partial charge in [0.1, 0.15) is 6.04 Å². The van der Waals surface area contributed by atoms with E-state index in [1.54, 1.807) is 24.1 Å². The van der Waals surface area contributed by atoms with Crippen LogP contribution < -0.4 is 0 Å². The second kappa shape index (κ2) is 7.34. The van der Waals surface area contributed by atoms with Crippen molar-refractivity contribution in [2.75, 3.05) is 13.3 Å². The summed E-state index contributed by atoms with van der Waals surface area (Å²) in [6.07, 6.45) is 1.11. The van der Waals surface area contributed by atoms with Gasteiger partial charge in [0.25, 0.3) is 0 Å². The minimum absolute atomic E-state index is 0.160. The molecule has 0 bridgehead atoms. The summed E-state index contributed by atoms with van der Waals surface area (Å²) in [6, 6.07) is 12.2. The lowest BCUT2D eigenvalue weighted by Crippen LogP contribution is -2.30. The van der Waals surface area contributed by atoms with Crippen LogP contribution in [0.3, 0.4) is 0 Å². The molecule has 0 aliphatic heterocycles. The van der Waals surface area contributed by atoms with Crippen LogP contribution in [0.15, 0.2) is 53.4 Å². The fourth-order valence-corrected chi connectivity index (χ4v) is 3.34. The first-order chi connectivity index (χ1) is 11.2. The van der Waals surface area contributed by atoms with Crippen molar-refractivity contribution in [3.8, 4) is 0 Å². The first kappa shape index (κ1) is 18.4. The van der Waals surface area contributed by atoms with E-state index in [0.29, 0.717) is 17.1 Å². The SMILES string of the molecule is CN(Cc1cccc(Cl)c1)[C@H](C(=O)O)c1ccc(S(C)(=O)=O)cc1. The first-order valence-electron chi connectivity index (χ1n) is 7.16. The molecule has 5 nitrogen and oxygen atoms in total. The number of benzene rings is 2. The van der Waals surface area contributed by atoms with Crippen molar-refractivity contribution in [1.29, 1.82) is 0 Å². The molecule has 0 heterocycles. The van der Waals surface area contributed by atoms with Crippen LogP contribution in [0.5, 0.6) is 0 Å². The monoisotopic (exact) mass is 367 g/mol. The van der Waals surface area contributed by atoms with Crippen molar-refractivity contribution in [2.24, 2.45) is 0 Å². The van der Waals surface area contributed by atoms with E-state index >= 15 is 0 Å². The summed E-state index contributed by atoms with van der Waals surface area (Å²) in [5.74, 6) is -1.01. The van der Waals surface area contributed by atoms with Gasteiger partial charge in [0, 0.05) is 17.8 Å². The maximum Gasteiger partial charge on any atom is 0.325 e. The lowest BCUT2D eigenvalue weighted by atomic mass is 10.1. The summed E-state index contributed by atoms with van der Waals surface area (Å²) in [4.78, 5) is 13.5. The maximum absolute atomic E-state index is 11.7. The zero-order chi connectivity index (χ0) is 17.9. The topological polar surface area (TPSA) is 74.7 Å². The van der Waals surface area contributed by atoms with Crippen LogP contribution >= 0.6 is 11.6 Å². The van der Waals surface area contributed by atoms with Crippen molar-refractivity contribution in [3.05, 3.63) is 64.7 Å². The van der Waals surface area contributed by atoms with Gasteiger partial charge in [-0.25, -0.2) is 8.42 Å². The number of hydrogen-bond donors (Lipinski definition) is 1. The Balaban J connectivity index is 2.27. The molecule has 1 N–H and O–H groups in total. The number of carboxylic acid groups (broad SMARTS) is 1. The summed E-state index contributed by atoms with van der Waals surface area (Å²) >= 11 is 5.96. The largest absolute Gasteiger partial charge is 0.480 e. The Morgan fingerprint density at radius 1 is 1.21 bits per heavy atom. The predicted molar refractivity (Wildman–Crippen MR) is 92.8 cm³/mol. The number of carboxylic acids is 1. The number of aliphatic carboxylic acids is 1. The Kier molecular flexibility index (Phi) is 5.64. The standard InChI is InChI=1S/C17H18ClNO4S/c1-19(11-12-4-3-5-14(18)10-12)16(17(20)21)13-6-8-15(9-7-13)24(2,22)23/h3-10,16H,11H2,1-2H3,(H,20,21)/t16-/m0/s1. The van der Waals surface area contributed by atoms with E-state index in [9.17, 15) is 18.3 Å². The number of halogens is 1. The molecule has 1 atom stereocenters. The Labute approximate surface area is 146 Å². The average Bonchev–Trinajstić information content (AvgIpc) is 2.46. The molecular weight excluding hydrogens is 350 g/mol. The van der Waals surface area contributed by atoms with Crippen LogP contribution in [-0.4, -0.2) is 37.7 Å². The normalized spacial score (nSPS) is 13.0. The van der Waals surface area contributed by atoms with Gasteiger partial charge >= 0.3 is 5.97 Å². The van der Waals surface area contributed by atoms with E-state index in [0.717, 1.165) is 11.8 Å². The fourth-order valence-electron chi connectivity index (χ4n) is 2.50. The van der Waals surface area contributed by atoms with Gasteiger partial charge in [0.2, 0.25) is 0 Å². The van der Waals surface area contributed by atoms with Crippen LogP contribution in [0.1, 0.15) is 17.2 Å². The molecular formula is C17H18ClNO4S. The van der Waals surface area contributed by atoms with Gasteiger partial charge < -0.3 is 5.11 Å². The van der Waals surface area contributed by atoms with E-state index in [1.165, 1.54) is 24.3 Å². The van der Waals surface area contributed by atoms with Gasteiger partial charge in [-0.1, -0.05) is 35.9 Å². The highest BCUT2D eigenvalue weighted by molar-refractivity contribution is 7.90. The Morgan fingerprint density at radius 2 is 1.83 bits per heavy atom. The van der Waals surface area contributed by atoms with Crippen LogP contribution in [0, 0.1) is 0 Å². The number of sulfone groups is 1. The van der Waals surface area contributed by atoms with Gasteiger partial charge in [0.05, 0.1) is 4.90 Å². The van der Waals surface area contributed by atoms with E-state index in [1.807, 2.05) is 12.1 Å². The van der Waals surface area contributed by atoms with Crippen LogP contribution in [-0.2, 0) is 21.2 Å². The molecule has 0 saturated heterocycles. The molecule has 2 aromatic rings. The molecule has 128 valence electrons. The van der Waals surface area contributed by atoms with Crippen LogP contribution in [0.4, 0.5) is 0 Å². The summed E-state index contributed by atoms with van der Waals surface area (Å²) in [5, 5.41) is 10.2. The van der Waals surface area contributed by atoms with E-state index in [2.05, 4.69) is 0 Å². The zero-order valence-corrected chi connectivity index (χ0v) is 14.9. The number of rotatable bonds is 6. The molecule has 0 aliphatic carbocycles.